The van der Waals surface area contributed by atoms with Crippen LogP contribution in [0.4, 0.5) is 5.82 Å². The summed E-state index contributed by atoms with van der Waals surface area (Å²) in [6.45, 7) is 4.23. The van der Waals surface area contributed by atoms with Gasteiger partial charge in [-0.2, -0.15) is 0 Å². The number of nitrogen functional groups attached to an aromatic ring is 1. The standard InChI is InChI=1S/C27H25N5O3/c1-14-10-23(28)30-15(2)22(14)13-29-27(34)16-4-6-18-20(11-16)26-21-12-17(5-7-19(21)25(18)35-26)32-24(33)8-9-31(32)3/h4-12,25-26H,13H2,1-3H3,(H2,28,30)(H,29,34). The van der Waals surface area contributed by atoms with Crippen LogP contribution in [0.15, 0.2) is 59.5 Å². The third-order valence-corrected chi connectivity index (χ3v) is 7.02. The lowest BCUT2D eigenvalue weighted by molar-refractivity contribution is 0.0857. The summed E-state index contributed by atoms with van der Waals surface area (Å²) in [5.74, 6) is 0.319. The van der Waals surface area contributed by atoms with Crippen LogP contribution in [0.25, 0.3) is 5.69 Å². The van der Waals surface area contributed by atoms with E-state index in [1.165, 1.54) is 0 Å². The van der Waals surface area contributed by atoms with Crippen molar-refractivity contribution in [2.75, 3.05) is 5.73 Å². The Kier molecular flexibility index (Phi) is 4.69. The number of fused-ring (bicyclic) bond motifs is 8. The summed E-state index contributed by atoms with van der Waals surface area (Å²) in [7, 11) is 1.83. The first-order chi connectivity index (χ1) is 16.8. The number of aromatic nitrogens is 3. The summed E-state index contributed by atoms with van der Waals surface area (Å²) in [5.41, 5.74) is 14.1. The number of pyridine rings is 1. The molecule has 6 rings (SSSR count). The van der Waals surface area contributed by atoms with E-state index in [1.807, 2.05) is 63.4 Å². The molecule has 2 aliphatic rings. The van der Waals surface area contributed by atoms with Crippen LogP contribution < -0.4 is 16.6 Å². The first kappa shape index (κ1) is 21.4. The zero-order valence-electron chi connectivity index (χ0n) is 19.7. The van der Waals surface area contributed by atoms with E-state index in [0.717, 1.165) is 44.8 Å². The Morgan fingerprint density at radius 3 is 2.46 bits per heavy atom. The fourth-order valence-electron chi connectivity index (χ4n) is 5.31. The van der Waals surface area contributed by atoms with Crippen LogP contribution in [0.5, 0.6) is 0 Å². The van der Waals surface area contributed by atoms with Crippen molar-refractivity contribution in [2.45, 2.75) is 32.6 Å². The molecular formula is C27H25N5O3. The van der Waals surface area contributed by atoms with Crippen molar-refractivity contribution in [1.82, 2.24) is 19.7 Å². The second-order valence-corrected chi connectivity index (χ2v) is 9.20. The van der Waals surface area contributed by atoms with Crippen molar-refractivity contribution in [1.29, 1.82) is 0 Å². The maximum absolute atomic E-state index is 13.0. The summed E-state index contributed by atoms with van der Waals surface area (Å²) in [6.07, 6.45) is 1.31. The first-order valence-electron chi connectivity index (χ1n) is 11.5. The molecule has 176 valence electrons. The Balaban J connectivity index is 1.28. The van der Waals surface area contributed by atoms with Crippen molar-refractivity contribution in [3.8, 4) is 5.69 Å². The number of hydrogen-bond donors (Lipinski definition) is 2. The van der Waals surface area contributed by atoms with E-state index in [-0.39, 0.29) is 23.7 Å². The summed E-state index contributed by atoms with van der Waals surface area (Å²) >= 11 is 0. The first-order valence-corrected chi connectivity index (χ1v) is 11.5. The number of nitrogens with one attached hydrogen (secondary N) is 1. The van der Waals surface area contributed by atoms with Crippen molar-refractivity contribution in [3.05, 3.63) is 110 Å². The highest BCUT2D eigenvalue weighted by Crippen LogP contribution is 2.54. The van der Waals surface area contributed by atoms with Crippen molar-refractivity contribution in [3.63, 3.8) is 0 Å². The van der Waals surface area contributed by atoms with E-state index in [2.05, 4.69) is 10.3 Å². The van der Waals surface area contributed by atoms with Gasteiger partial charge in [0.15, 0.2) is 0 Å². The van der Waals surface area contributed by atoms with Crippen LogP contribution in [-0.4, -0.2) is 20.3 Å². The smallest absolute Gasteiger partial charge is 0.271 e. The molecule has 2 bridgehead atoms. The summed E-state index contributed by atoms with van der Waals surface area (Å²) < 4.78 is 9.68. The molecule has 1 amide bonds. The van der Waals surface area contributed by atoms with E-state index < -0.39 is 0 Å². The summed E-state index contributed by atoms with van der Waals surface area (Å²) in [4.78, 5) is 29.6. The van der Waals surface area contributed by atoms with Gasteiger partial charge in [-0.15, -0.1) is 0 Å². The number of rotatable bonds is 4. The average Bonchev–Trinajstić information content (AvgIpc) is 3.49. The quantitative estimate of drug-likeness (QED) is 0.480. The lowest BCUT2D eigenvalue weighted by Crippen LogP contribution is -2.24. The number of amides is 1. The maximum Gasteiger partial charge on any atom is 0.271 e. The Morgan fingerprint density at radius 1 is 1.03 bits per heavy atom. The van der Waals surface area contributed by atoms with Crippen molar-refractivity contribution in [2.24, 2.45) is 7.05 Å². The van der Waals surface area contributed by atoms with Gasteiger partial charge >= 0.3 is 0 Å². The van der Waals surface area contributed by atoms with Gasteiger partial charge in [0, 0.05) is 37.1 Å². The van der Waals surface area contributed by atoms with Gasteiger partial charge in [-0.3, -0.25) is 14.3 Å². The molecular weight excluding hydrogens is 442 g/mol. The predicted octanol–water partition coefficient (Wildman–Crippen LogP) is 3.22. The molecule has 35 heavy (non-hydrogen) atoms. The Hall–Kier alpha value is -4.17. The fourth-order valence-corrected chi connectivity index (χ4v) is 5.31. The zero-order valence-corrected chi connectivity index (χ0v) is 19.7. The Morgan fingerprint density at radius 2 is 1.74 bits per heavy atom. The van der Waals surface area contributed by atoms with Gasteiger partial charge in [0.25, 0.3) is 11.5 Å². The van der Waals surface area contributed by atoms with Crippen LogP contribution in [0.3, 0.4) is 0 Å². The fraction of sp³-hybridized carbons (Fsp3) is 0.222. The molecule has 8 heteroatoms. The molecule has 2 aromatic heterocycles. The van der Waals surface area contributed by atoms with Gasteiger partial charge in [-0.1, -0.05) is 12.1 Å². The van der Waals surface area contributed by atoms with E-state index in [4.69, 9.17) is 10.5 Å². The Bertz CT molecular complexity index is 1560. The summed E-state index contributed by atoms with van der Waals surface area (Å²) in [6, 6.07) is 15.1. The minimum atomic E-state index is -0.264. The molecule has 0 saturated heterocycles. The van der Waals surface area contributed by atoms with Gasteiger partial charge in [-0.05, 0) is 77.6 Å². The Labute approximate surface area is 202 Å². The zero-order chi connectivity index (χ0) is 24.4. The number of ether oxygens (including phenoxy) is 1. The molecule has 4 heterocycles. The number of nitrogens with zero attached hydrogens (tertiary/aromatic N) is 3. The number of nitrogens with two attached hydrogens (primary N) is 1. The second kappa shape index (κ2) is 7.68. The normalized spacial score (nSPS) is 17.3. The molecule has 0 spiro atoms. The van der Waals surface area contributed by atoms with E-state index >= 15 is 0 Å². The molecule has 3 N–H and O–H groups in total. The molecule has 0 fully saturated rings. The number of carbonyl (C=O) groups is 1. The minimum Gasteiger partial charge on any atom is -0.384 e. The molecule has 2 unspecified atom stereocenters. The van der Waals surface area contributed by atoms with Gasteiger partial charge in [-0.25, -0.2) is 9.67 Å². The van der Waals surface area contributed by atoms with Crippen LogP contribution in [0.1, 0.15) is 61.6 Å². The maximum atomic E-state index is 13.0. The number of aryl methyl sites for hydroxylation is 3. The van der Waals surface area contributed by atoms with Gasteiger partial charge in [0.05, 0.1) is 5.69 Å². The molecule has 4 aromatic rings. The van der Waals surface area contributed by atoms with Gasteiger partial charge < -0.3 is 15.8 Å². The highest BCUT2D eigenvalue weighted by molar-refractivity contribution is 5.94. The number of benzene rings is 2. The molecule has 0 radical (unpaired) electrons. The van der Waals surface area contributed by atoms with Gasteiger partial charge in [0.1, 0.15) is 18.0 Å². The molecule has 0 saturated carbocycles. The van der Waals surface area contributed by atoms with E-state index in [1.54, 1.807) is 21.6 Å². The largest absolute Gasteiger partial charge is 0.384 e. The highest BCUT2D eigenvalue weighted by Gasteiger charge is 2.43. The monoisotopic (exact) mass is 467 g/mol. The molecule has 2 aliphatic heterocycles. The SMILES string of the molecule is Cc1cc(N)nc(C)c1CNC(=O)c1ccc2c(c1)C1OC2c2ccc(-n3c(=O)ccn3C)cc21. The minimum absolute atomic E-state index is 0.0855. The third-order valence-electron chi connectivity index (χ3n) is 7.02. The average molecular weight is 468 g/mol. The lowest BCUT2D eigenvalue weighted by Gasteiger charge is -2.18. The van der Waals surface area contributed by atoms with Gasteiger partial charge in [0.2, 0.25) is 0 Å². The third kappa shape index (κ3) is 3.29. The second-order valence-electron chi connectivity index (χ2n) is 9.20. The van der Waals surface area contributed by atoms with Crippen LogP contribution in [-0.2, 0) is 18.3 Å². The molecule has 8 nitrogen and oxygen atoms in total. The number of hydrogen-bond acceptors (Lipinski definition) is 5. The van der Waals surface area contributed by atoms with E-state index in [9.17, 15) is 9.59 Å². The molecule has 0 aliphatic carbocycles. The molecule has 2 aromatic carbocycles. The number of carbonyl (C=O) groups excluding carboxylic acids is 1. The van der Waals surface area contributed by atoms with Crippen molar-refractivity contribution >= 4 is 11.7 Å². The molecule has 2 atom stereocenters. The predicted molar refractivity (Wildman–Crippen MR) is 132 cm³/mol. The van der Waals surface area contributed by atoms with Crippen LogP contribution >= 0.6 is 0 Å². The van der Waals surface area contributed by atoms with Crippen molar-refractivity contribution < 1.29 is 9.53 Å². The highest BCUT2D eigenvalue weighted by atomic mass is 16.5. The van der Waals surface area contributed by atoms with Crippen LogP contribution in [0.2, 0.25) is 0 Å². The van der Waals surface area contributed by atoms with E-state index in [0.29, 0.717) is 17.9 Å². The van der Waals surface area contributed by atoms with Crippen LogP contribution in [0, 0.1) is 13.8 Å². The summed E-state index contributed by atoms with van der Waals surface area (Å²) in [5, 5.41) is 3.01. The topological polar surface area (TPSA) is 104 Å². The lowest BCUT2D eigenvalue weighted by atomic mass is 9.85. The number of anilines is 1.